The van der Waals surface area contributed by atoms with Crippen LogP contribution < -0.4 is 0 Å². The van der Waals surface area contributed by atoms with E-state index in [4.69, 9.17) is 0 Å². The van der Waals surface area contributed by atoms with Crippen molar-refractivity contribution in [1.29, 1.82) is 0 Å². The maximum atomic E-state index is 2.30. The first-order valence-electron chi connectivity index (χ1n) is 6.81. The van der Waals surface area contributed by atoms with Gasteiger partial charge in [-0.15, -0.1) is 0 Å². The Balaban J connectivity index is 2.32. The minimum atomic E-state index is 1.34. The van der Waals surface area contributed by atoms with Crippen LogP contribution in [0.2, 0.25) is 0 Å². The molecule has 0 N–H and O–H groups in total. The van der Waals surface area contributed by atoms with Crippen LogP contribution in [0.1, 0.15) is 34.7 Å². The fraction of sp³-hybridized carbons (Fsp3) is 0.211. The molecule has 0 heterocycles. The SMILES string of the molecule is CC1=Cc2c(ccc(C)c2-c2cccc(C)c2C)[CH]1. The first-order chi connectivity index (χ1) is 9.08. The zero-order valence-corrected chi connectivity index (χ0v) is 12.0. The molecular formula is C19H19. The summed E-state index contributed by atoms with van der Waals surface area (Å²) in [7, 11) is 0. The number of fused-ring (bicyclic) bond motifs is 1. The summed E-state index contributed by atoms with van der Waals surface area (Å²) in [6.45, 7) is 8.78. The molecule has 0 spiro atoms. The molecule has 1 radical (unpaired) electrons. The molecule has 3 rings (SSSR count). The van der Waals surface area contributed by atoms with E-state index in [2.05, 4.69) is 70.5 Å². The summed E-state index contributed by atoms with van der Waals surface area (Å²) in [5.41, 5.74) is 10.9. The summed E-state index contributed by atoms with van der Waals surface area (Å²) in [6, 6.07) is 11.0. The van der Waals surface area contributed by atoms with Gasteiger partial charge in [0.1, 0.15) is 0 Å². The van der Waals surface area contributed by atoms with Crippen LogP contribution in [0.3, 0.4) is 0 Å². The van der Waals surface area contributed by atoms with Gasteiger partial charge < -0.3 is 0 Å². The third kappa shape index (κ3) is 1.92. The molecular weight excluding hydrogens is 228 g/mol. The smallest absolute Gasteiger partial charge is 0.0161 e. The zero-order chi connectivity index (χ0) is 13.6. The Morgan fingerprint density at radius 2 is 1.58 bits per heavy atom. The summed E-state index contributed by atoms with van der Waals surface area (Å²) >= 11 is 0. The number of rotatable bonds is 1. The van der Waals surface area contributed by atoms with Crippen molar-refractivity contribution in [3.63, 3.8) is 0 Å². The van der Waals surface area contributed by atoms with Gasteiger partial charge in [0.05, 0.1) is 0 Å². The molecule has 0 aromatic heterocycles. The molecule has 0 atom stereocenters. The maximum absolute atomic E-state index is 2.30. The third-order valence-electron chi connectivity index (χ3n) is 4.12. The van der Waals surface area contributed by atoms with E-state index in [9.17, 15) is 0 Å². The van der Waals surface area contributed by atoms with E-state index in [1.165, 1.54) is 44.5 Å². The van der Waals surface area contributed by atoms with Crippen LogP contribution in [0.5, 0.6) is 0 Å². The van der Waals surface area contributed by atoms with Crippen molar-refractivity contribution >= 4 is 6.08 Å². The van der Waals surface area contributed by atoms with Gasteiger partial charge in [0, 0.05) is 6.42 Å². The topological polar surface area (TPSA) is 0 Å². The Labute approximate surface area is 115 Å². The molecule has 0 unspecified atom stereocenters. The number of aryl methyl sites for hydroxylation is 2. The van der Waals surface area contributed by atoms with Gasteiger partial charge in [0.25, 0.3) is 0 Å². The molecule has 0 saturated heterocycles. The lowest BCUT2D eigenvalue weighted by Gasteiger charge is -2.15. The monoisotopic (exact) mass is 247 g/mol. The Kier molecular flexibility index (Phi) is 2.82. The van der Waals surface area contributed by atoms with Crippen molar-refractivity contribution < 1.29 is 0 Å². The molecule has 2 aromatic carbocycles. The fourth-order valence-electron chi connectivity index (χ4n) is 2.92. The lowest BCUT2D eigenvalue weighted by atomic mass is 9.89. The number of allylic oxidation sites excluding steroid dienone is 1. The molecule has 19 heavy (non-hydrogen) atoms. The van der Waals surface area contributed by atoms with Gasteiger partial charge >= 0.3 is 0 Å². The summed E-state index contributed by atoms with van der Waals surface area (Å²) in [5, 5.41) is 0. The summed E-state index contributed by atoms with van der Waals surface area (Å²) in [5.74, 6) is 0. The second kappa shape index (κ2) is 4.38. The van der Waals surface area contributed by atoms with E-state index >= 15 is 0 Å². The molecule has 1 aliphatic carbocycles. The van der Waals surface area contributed by atoms with Crippen molar-refractivity contribution in [2.45, 2.75) is 27.7 Å². The Hall–Kier alpha value is -1.82. The Morgan fingerprint density at radius 1 is 0.789 bits per heavy atom. The second-order valence-electron chi connectivity index (χ2n) is 5.54. The molecule has 0 nitrogen and oxygen atoms in total. The quantitative estimate of drug-likeness (QED) is 0.645. The van der Waals surface area contributed by atoms with Gasteiger partial charge in [-0.2, -0.15) is 0 Å². The van der Waals surface area contributed by atoms with Crippen LogP contribution in [0.15, 0.2) is 35.9 Å². The van der Waals surface area contributed by atoms with Crippen LogP contribution in [-0.4, -0.2) is 0 Å². The molecule has 0 saturated carbocycles. The predicted molar refractivity (Wildman–Crippen MR) is 83.1 cm³/mol. The lowest BCUT2D eigenvalue weighted by molar-refractivity contribution is 1.32. The van der Waals surface area contributed by atoms with Crippen LogP contribution in [0.4, 0.5) is 0 Å². The van der Waals surface area contributed by atoms with E-state index in [0.717, 1.165) is 0 Å². The van der Waals surface area contributed by atoms with E-state index < -0.39 is 0 Å². The minimum absolute atomic E-state index is 1.34. The highest BCUT2D eigenvalue weighted by molar-refractivity contribution is 5.86. The molecule has 0 heteroatoms. The lowest BCUT2D eigenvalue weighted by Crippen LogP contribution is -1.94. The number of hydrogen-bond donors (Lipinski definition) is 0. The zero-order valence-electron chi connectivity index (χ0n) is 12.0. The normalized spacial score (nSPS) is 13.4. The highest BCUT2D eigenvalue weighted by atomic mass is 14.2. The van der Waals surface area contributed by atoms with Crippen molar-refractivity contribution in [3.8, 4) is 11.1 Å². The summed E-state index contributed by atoms with van der Waals surface area (Å²) in [4.78, 5) is 0. The van der Waals surface area contributed by atoms with Gasteiger partial charge in [0.15, 0.2) is 0 Å². The Morgan fingerprint density at radius 3 is 2.37 bits per heavy atom. The summed E-state index contributed by atoms with van der Waals surface area (Å²) < 4.78 is 0. The molecule has 0 amide bonds. The van der Waals surface area contributed by atoms with Crippen molar-refractivity contribution in [2.75, 3.05) is 0 Å². The van der Waals surface area contributed by atoms with Crippen LogP contribution >= 0.6 is 0 Å². The third-order valence-corrected chi connectivity index (χ3v) is 4.12. The second-order valence-corrected chi connectivity index (χ2v) is 5.54. The first kappa shape index (κ1) is 12.2. The van der Waals surface area contributed by atoms with E-state index in [-0.39, 0.29) is 0 Å². The van der Waals surface area contributed by atoms with Crippen LogP contribution in [0.25, 0.3) is 17.2 Å². The highest BCUT2D eigenvalue weighted by Gasteiger charge is 2.18. The van der Waals surface area contributed by atoms with Gasteiger partial charge in [0.2, 0.25) is 0 Å². The van der Waals surface area contributed by atoms with Crippen LogP contribution in [-0.2, 0) is 0 Å². The standard InChI is InChI=1S/C19H19/c1-12-10-16-9-8-14(3)19(18(16)11-12)17-7-5-6-13(2)15(17)4/h5-11H,1-4H3. The highest BCUT2D eigenvalue weighted by Crippen LogP contribution is 2.38. The van der Waals surface area contributed by atoms with Gasteiger partial charge in [-0.25, -0.2) is 0 Å². The van der Waals surface area contributed by atoms with E-state index in [1.807, 2.05) is 0 Å². The fourth-order valence-corrected chi connectivity index (χ4v) is 2.92. The van der Waals surface area contributed by atoms with E-state index in [0.29, 0.717) is 0 Å². The molecule has 1 aliphatic rings. The van der Waals surface area contributed by atoms with Gasteiger partial charge in [-0.1, -0.05) is 42.0 Å². The maximum Gasteiger partial charge on any atom is 0.0161 e. The molecule has 0 bridgehead atoms. The number of benzene rings is 2. The van der Waals surface area contributed by atoms with Gasteiger partial charge in [-0.3, -0.25) is 0 Å². The van der Waals surface area contributed by atoms with Crippen LogP contribution in [0, 0.1) is 27.2 Å². The molecule has 0 aliphatic heterocycles. The van der Waals surface area contributed by atoms with Crippen molar-refractivity contribution in [3.05, 3.63) is 70.1 Å². The average Bonchev–Trinajstić information content (AvgIpc) is 2.74. The predicted octanol–water partition coefficient (Wildman–Crippen LogP) is 5.25. The molecule has 0 fully saturated rings. The van der Waals surface area contributed by atoms with E-state index in [1.54, 1.807) is 0 Å². The van der Waals surface area contributed by atoms with Crippen molar-refractivity contribution in [1.82, 2.24) is 0 Å². The molecule has 2 aromatic rings. The number of hydrogen-bond acceptors (Lipinski definition) is 0. The first-order valence-corrected chi connectivity index (χ1v) is 6.81. The largest absolute Gasteiger partial charge is 0.0642 e. The van der Waals surface area contributed by atoms with Crippen molar-refractivity contribution in [2.24, 2.45) is 0 Å². The average molecular weight is 247 g/mol. The van der Waals surface area contributed by atoms with Gasteiger partial charge in [-0.05, 0) is 66.6 Å². The Bertz CT molecular complexity index is 687. The minimum Gasteiger partial charge on any atom is -0.0642 e. The molecule has 95 valence electrons. The summed E-state index contributed by atoms with van der Waals surface area (Å²) in [6.07, 6.45) is 4.57.